The summed E-state index contributed by atoms with van der Waals surface area (Å²) >= 11 is 0. The number of H-pyrrole nitrogens is 1. The lowest BCUT2D eigenvalue weighted by atomic mass is 9.93. The van der Waals surface area contributed by atoms with Gasteiger partial charge in [-0.25, -0.2) is 4.98 Å². The first kappa shape index (κ1) is 27.7. The van der Waals surface area contributed by atoms with Crippen LogP contribution in [0.5, 0.6) is 0 Å². The van der Waals surface area contributed by atoms with Crippen LogP contribution in [0.15, 0.2) is 133 Å². The van der Waals surface area contributed by atoms with Crippen LogP contribution in [0, 0.1) is 22.7 Å². The molecule has 5 heteroatoms. The zero-order valence-electron chi connectivity index (χ0n) is 24.8. The molecule has 2 aromatic heterocycles. The first-order chi connectivity index (χ1) is 22.1. The Morgan fingerprint density at radius 2 is 1.44 bits per heavy atom. The largest absolute Gasteiger partial charge is 0.342 e. The summed E-state index contributed by atoms with van der Waals surface area (Å²) in [5, 5.41) is 20.7. The van der Waals surface area contributed by atoms with Crippen molar-refractivity contribution in [3.8, 4) is 34.7 Å². The van der Waals surface area contributed by atoms with E-state index in [4.69, 9.17) is 4.98 Å². The Hall–Kier alpha value is -6.17. The van der Waals surface area contributed by atoms with Gasteiger partial charge in [-0.1, -0.05) is 104 Å². The molecule has 0 saturated heterocycles. The van der Waals surface area contributed by atoms with Crippen molar-refractivity contribution in [2.45, 2.75) is 19.9 Å². The molecular weight excluding hydrogens is 550 g/mol. The van der Waals surface area contributed by atoms with E-state index < -0.39 is 0 Å². The molecule has 0 aliphatic heterocycles. The minimum absolute atomic E-state index is 0.0729. The molecule has 0 fully saturated rings. The van der Waals surface area contributed by atoms with Gasteiger partial charge in [0.25, 0.3) is 0 Å². The third kappa shape index (κ3) is 5.29. The highest BCUT2D eigenvalue weighted by atomic mass is 15.0. The number of allylic oxidation sites excluding steroid dienone is 1. The topological polar surface area (TPSA) is 81.2 Å². The molecule has 7 aromatic rings. The Bertz CT molecular complexity index is 2260. The van der Waals surface area contributed by atoms with Crippen molar-refractivity contribution in [1.82, 2.24) is 14.5 Å². The highest BCUT2D eigenvalue weighted by molar-refractivity contribution is 5.99. The van der Waals surface area contributed by atoms with Crippen LogP contribution >= 0.6 is 0 Å². The Labute approximate surface area is 262 Å². The predicted molar refractivity (Wildman–Crippen MR) is 181 cm³/mol. The number of benzene rings is 5. The van der Waals surface area contributed by atoms with Crippen molar-refractivity contribution in [3.63, 3.8) is 0 Å². The third-order valence-corrected chi connectivity index (χ3v) is 8.33. The zero-order valence-corrected chi connectivity index (χ0v) is 24.8. The van der Waals surface area contributed by atoms with Crippen LogP contribution in [0.2, 0.25) is 0 Å². The third-order valence-electron chi connectivity index (χ3n) is 8.33. The Kier molecular flexibility index (Phi) is 7.28. The quantitative estimate of drug-likeness (QED) is 0.191. The highest BCUT2D eigenvalue weighted by Crippen LogP contribution is 2.35. The molecule has 2 heterocycles. The maximum atomic E-state index is 9.77. The monoisotopic (exact) mass is 579 g/mol. The standard InChI is InChI=1S/C40H29N5/c1-2-27-13-15-29(16-14-27)31-18-20-38-34(21-31)35(26-45(38)25-28-9-5-3-6-10-28)40-43-36-19-17-32(22-37(36)44-40)39(33(23-41)24-42)30-11-7-4-8-12-30/h3-22,26H,2,25H2,1H3,(H,43,44). The molecular formula is C40H29N5. The van der Waals surface area contributed by atoms with E-state index >= 15 is 0 Å². The van der Waals surface area contributed by atoms with E-state index in [1.165, 1.54) is 16.7 Å². The minimum atomic E-state index is 0.0729. The molecule has 0 amide bonds. The molecule has 0 spiro atoms. The van der Waals surface area contributed by atoms with E-state index in [-0.39, 0.29) is 5.57 Å². The van der Waals surface area contributed by atoms with Crippen molar-refractivity contribution in [3.05, 3.63) is 155 Å². The van der Waals surface area contributed by atoms with Crippen LogP contribution < -0.4 is 0 Å². The van der Waals surface area contributed by atoms with Gasteiger partial charge in [0.1, 0.15) is 23.5 Å². The van der Waals surface area contributed by atoms with Gasteiger partial charge in [-0.3, -0.25) is 0 Å². The summed E-state index contributed by atoms with van der Waals surface area (Å²) in [4.78, 5) is 8.59. The molecule has 5 nitrogen and oxygen atoms in total. The average molecular weight is 580 g/mol. The summed E-state index contributed by atoms with van der Waals surface area (Å²) < 4.78 is 2.28. The second kappa shape index (κ2) is 11.8. The van der Waals surface area contributed by atoms with Gasteiger partial charge < -0.3 is 9.55 Å². The summed E-state index contributed by atoms with van der Waals surface area (Å²) in [6.45, 7) is 2.91. The number of imidazole rings is 1. The van der Waals surface area contributed by atoms with E-state index in [1.807, 2.05) is 54.6 Å². The minimum Gasteiger partial charge on any atom is -0.342 e. The van der Waals surface area contributed by atoms with E-state index in [0.717, 1.165) is 63.0 Å². The SMILES string of the molecule is CCc1ccc(-c2ccc3c(c2)c(-c2nc4ccc(C(=C(C#N)C#N)c5ccccc5)cc4[nH]2)cn3Cc2ccccc2)cc1. The Morgan fingerprint density at radius 1 is 0.733 bits per heavy atom. The highest BCUT2D eigenvalue weighted by Gasteiger charge is 2.17. The molecule has 214 valence electrons. The lowest BCUT2D eigenvalue weighted by molar-refractivity contribution is 0.837. The predicted octanol–water partition coefficient (Wildman–Crippen LogP) is 9.31. The summed E-state index contributed by atoms with van der Waals surface area (Å²) in [6.07, 6.45) is 3.19. The fourth-order valence-corrected chi connectivity index (χ4v) is 6.00. The van der Waals surface area contributed by atoms with Crippen LogP contribution in [0.3, 0.4) is 0 Å². The van der Waals surface area contributed by atoms with Crippen LogP contribution in [-0.2, 0) is 13.0 Å². The number of nitrogens with one attached hydrogen (secondary N) is 1. The van der Waals surface area contributed by atoms with Gasteiger partial charge in [-0.15, -0.1) is 0 Å². The van der Waals surface area contributed by atoms with Crippen LogP contribution in [0.1, 0.15) is 29.2 Å². The van der Waals surface area contributed by atoms with Crippen molar-refractivity contribution >= 4 is 27.5 Å². The van der Waals surface area contributed by atoms with Crippen LogP contribution in [-0.4, -0.2) is 14.5 Å². The number of aromatic amines is 1. The fourth-order valence-electron chi connectivity index (χ4n) is 6.00. The number of rotatable bonds is 7. The first-order valence-electron chi connectivity index (χ1n) is 15.0. The number of aryl methyl sites for hydroxylation is 1. The maximum absolute atomic E-state index is 9.77. The number of hydrogen-bond acceptors (Lipinski definition) is 3. The zero-order chi connectivity index (χ0) is 30.8. The number of nitrogens with zero attached hydrogens (tertiary/aromatic N) is 4. The summed E-state index contributed by atoms with van der Waals surface area (Å²) in [6, 6.07) is 45.5. The number of hydrogen-bond donors (Lipinski definition) is 1. The number of fused-ring (bicyclic) bond motifs is 2. The molecule has 0 atom stereocenters. The van der Waals surface area contributed by atoms with E-state index in [9.17, 15) is 10.5 Å². The molecule has 0 aliphatic carbocycles. The fraction of sp³-hybridized carbons (Fsp3) is 0.0750. The lowest BCUT2D eigenvalue weighted by Crippen LogP contribution is -1.97. The normalized spacial score (nSPS) is 10.9. The van der Waals surface area contributed by atoms with Gasteiger partial charge in [0, 0.05) is 34.8 Å². The molecule has 1 N–H and O–H groups in total. The summed E-state index contributed by atoms with van der Waals surface area (Å²) in [7, 11) is 0. The number of nitriles is 2. The summed E-state index contributed by atoms with van der Waals surface area (Å²) in [5.74, 6) is 0.767. The van der Waals surface area contributed by atoms with Gasteiger partial charge in [0.05, 0.1) is 11.0 Å². The van der Waals surface area contributed by atoms with Gasteiger partial charge in [-0.2, -0.15) is 10.5 Å². The Balaban J connectivity index is 1.37. The second-order valence-corrected chi connectivity index (χ2v) is 11.1. The molecule has 7 rings (SSSR count). The molecule has 0 unspecified atom stereocenters. The summed E-state index contributed by atoms with van der Waals surface area (Å²) in [5.41, 5.74) is 10.9. The Morgan fingerprint density at radius 3 is 2.16 bits per heavy atom. The molecule has 0 saturated carbocycles. The molecule has 0 aliphatic rings. The van der Waals surface area contributed by atoms with Gasteiger partial charge in [0.15, 0.2) is 0 Å². The molecule has 0 radical (unpaired) electrons. The van der Waals surface area contributed by atoms with Crippen molar-refractivity contribution in [2.24, 2.45) is 0 Å². The van der Waals surface area contributed by atoms with E-state index in [1.54, 1.807) is 0 Å². The molecule has 45 heavy (non-hydrogen) atoms. The smallest absolute Gasteiger partial charge is 0.140 e. The van der Waals surface area contributed by atoms with E-state index in [2.05, 4.69) is 102 Å². The van der Waals surface area contributed by atoms with Crippen molar-refractivity contribution in [2.75, 3.05) is 0 Å². The second-order valence-electron chi connectivity index (χ2n) is 11.1. The van der Waals surface area contributed by atoms with Gasteiger partial charge >= 0.3 is 0 Å². The average Bonchev–Trinajstić information content (AvgIpc) is 3.68. The van der Waals surface area contributed by atoms with Crippen LogP contribution in [0.4, 0.5) is 0 Å². The lowest BCUT2D eigenvalue weighted by Gasteiger charge is -2.08. The first-order valence-corrected chi connectivity index (χ1v) is 15.0. The number of aromatic nitrogens is 3. The van der Waals surface area contributed by atoms with E-state index in [0.29, 0.717) is 5.57 Å². The maximum Gasteiger partial charge on any atom is 0.140 e. The van der Waals surface area contributed by atoms with Crippen molar-refractivity contribution < 1.29 is 0 Å². The van der Waals surface area contributed by atoms with Crippen LogP contribution in [0.25, 0.3) is 50.0 Å². The van der Waals surface area contributed by atoms with Gasteiger partial charge in [-0.05, 0) is 64.1 Å². The van der Waals surface area contributed by atoms with Gasteiger partial charge in [0.2, 0.25) is 0 Å². The molecule has 5 aromatic carbocycles. The molecule has 0 bridgehead atoms. The van der Waals surface area contributed by atoms with Crippen molar-refractivity contribution in [1.29, 1.82) is 10.5 Å².